The predicted octanol–water partition coefficient (Wildman–Crippen LogP) is 4.61. The van der Waals surface area contributed by atoms with Gasteiger partial charge in [-0.05, 0) is 47.9 Å². The third-order valence-corrected chi connectivity index (χ3v) is 4.88. The summed E-state index contributed by atoms with van der Waals surface area (Å²) in [5, 5.41) is 21.5. The Hall–Kier alpha value is -4.00. The Morgan fingerprint density at radius 3 is 2.71 bits per heavy atom. The van der Waals surface area contributed by atoms with Crippen molar-refractivity contribution in [2.45, 2.75) is 19.9 Å². The standard InChI is InChI=1S/C24H22N2O5/c1-2-8-31-22-6-3-15(10-21(22)27)12-25-13-20-19-11-16(17-7-9-30-14-17)4-5-18(19)23(28)26-24(20)29/h3-7,9-11,13-14,27H,2,8,12H2,1H3,(H2,26,28,29). The molecule has 0 unspecified atom stereocenters. The van der Waals surface area contributed by atoms with Crippen molar-refractivity contribution < 1.29 is 19.4 Å². The SMILES string of the molecule is CCCOc1ccc(CN=Cc2c(O)[nH]c(=O)c3ccc(-c4ccoc4)cc23)cc1O. The van der Waals surface area contributed by atoms with Crippen molar-refractivity contribution in [2.75, 3.05) is 6.61 Å². The number of furan rings is 1. The maximum atomic E-state index is 12.3. The first-order valence-electron chi connectivity index (χ1n) is 9.93. The van der Waals surface area contributed by atoms with Gasteiger partial charge in [0.2, 0.25) is 5.88 Å². The molecule has 4 aromatic rings. The first kappa shape index (κ1) is 20.3. The van der Waals surface area contributed by atoms with Crippen LogP contribution in [0, 0.1) is 0 Å². The van der Waals surface area contributed by atoms with Crippen molar-refractivity contribution in [1.29, 1.82) is 0 Å². The zero-order chi connectivity index (χ0) is 21.8. The molecule has 3 N–H and O–H groups in total. The van der Waals surface area contributed by atoms with Gasteiger partial charge in [0.15, 0.2) is 11.5 Å². The van der Waals surface area contributed by atoms with Crippen molar-refractivity contribution in [3.8, 4) is 28.5 Å². The lowest BCUT2D eigenvalue weighted by molar-refractivity contribution is 0.299. The topological polar surface area (TPSA) is 108 Å². The van der Waals surface area contributed by atoms with E-state index >= 15 is 0 Å². The van der Waals surface area contributed by atoms with Gasteiger partial charge in [0, 0.05) is 22.6 Å². The van der Waals surface area contributed by atoms with Crippen molar-refractivity contribution in [2.24, 2.45) is 4.99 Å². The van der Waals surface area contributed by atoms with E-state index in [1.807, 2.05) is 31.2 Å². The predicted molar refractivity (Wildman–Crippen MR) is 119 cm³/mol. The molecule has 158 valence electrons. The number of nitrogens with one attached hydrogen (secondary N) is 1. The maximum Gasteiger partial charge on any atom is 0.258 e. The summed E-state index contributed by atoms with van der Waals surface area (Å²) in [6, 6.07) is 12.3. The molecule has 4 rings (SSSR count). The Balaban J connectivity index is 1.64. The van der Waals surface area contributed by atoms with Gasteiger partial charge in [-0.25, -0.2) is 0 Å². The van der Waals surface area contributed by atoms with Gasteiger partial charge in [-0.3, -0.25) is 14.8 Å². The molecule has 2 aromatic carbocycles. The van der Waals surface area contributed by atoms with E-state index in [0.29, 0.717) is 28.7 Å². The van der Waals surface area contributed by atoms with Gasteiger partial charge in [0.05, 0.1) is 31.2 Å². The fraction of sp³-hybridized carbons (Fsp3) is 0.167. The molecule has 0 aliphatic heterocycles. The normalized spacial score (nSPS) is 11.4. The van der Waals surface area contributed by atoms with Crippen LogP contribution < -0.4 is 10.3 Å². The average molecular weight is 418 g/mol. The number of pyridine rings is 1. The number of aromatic hydroxyl groups is 2. The summed E-state index contributed by atoms with van der Waals surface area (Å²) in [5.74, 6) is 0.241. The highest BCUT2D eigenvalue weighted by Crippen LogP contribution is 2.29. The Morgan fingerprint density at radius 2 is 1.97 bits per heavy atom. The van der Waals surface area contributed by atoms with Crippen LogP contribution in [0.2, 0.25) is 0 Å². The molecule has 0 saturated heterocycles. The van der Waals surface area contributed by atoms with E-state index in [9.17, 15) is 15.0 Å². The monoisotopic (exact) mass is 418 g/mol. The summed E-state index contributed by atoms with van der Waals surface area (Å²) >= 11 is 0. The number of aromatic nitrogens is 1. The molecule has 2 heterocycles. The van der Waals surface area contributed by atoms with Gasteiger partial charge in [0.25, 0.3) is 5.56 Å². The number of fused-ring (bicyclic) bond motifs is 1. The summed E-state index contributed by atoms with van der Waals surface area (Å²) in [6.45, 7) is 2.81. The van der Waals surface area contributed by atoms with E-state index < -0.39 is 0 Å². The average Bonchev–Trinajstić information content (AvgIpc) is 3.30. The van der Waals surface area contributed by atoms with Gasteiger partial charge in [0.1, 0.15) is 0 Å². The molecule has 7 heteroatoms. The Labute approximate surface area is 178 Å². The summed E-state index contributed by atoms with van der Waals surface area (Å²) in [7, 11) is 0. The van der Waals surface area contributed by atoms with Gasteiger partial charge in [-0.15, -0.1) is 0 Å². The van der Waals surface area contributed by atoms with E-state index in [1.165, 1.54) is 6.21 Å². The fourth-order valence-electron chi connectivity index (χ4n) is 3.31. The maximum absolute atomic E-state index is 12.3. The number of aliphatic imine (C=N–C) groups is 1. The highest BCUT2D eigenvalue weighted by molar-refractivity contribution is 6.02. The number of benzene rings is 2. The van der Waals surface area contributed by atoms with E-state index in [2.05, 4.69) is 9.98 Å². The van der Waals surface area contributed by atoms with Crippen LogP contribution in [0.1, 0.15) is 24.5 Å². The lowest BCUT2D eigenvalue weighted by Gasteiger charge is -2.08. The van der Waals surface area contributed by atoms with E-state index in [-0.39, 0.29) is 23.7 Å². The van der Waals surface area contributed by atoms with Gasteiger partial charge in [-0.1, -0.05) is 19.1 Å². The van der Waals surface area contributed by atoms with Crippen LogP contribution in [-0.2, 0) is 6.54 Å². The molecule has 0 spiro atoms. The fourth-order valence-corrected chi connectivity index (χ4v) is 3.31. The largest absolute Gasteiger partial charge is 0.504 e. The van der Waals surface area contributed by atoms with E-state index in [0.717, 1.165) is 23.1 Å². The zero-order valence-corrected chi connectivity index (χ0v) is 17.0. The first-order chi connectivity index (χ1) is 15.1. The molecule has 7 nitrogen and oxygen atoms in total. The second-order valence-electron chi connectivity index (χ2n) is 7.11. The Bertz CT molecular complexity index is 1290. The lowest BCUT2D eigenvalue weighted by Crippen LogP contribution is -2.08. The Kier molecular flexibility index (Phi) is 5.75. The lowest BCUT2D eigenvalue weighted by atomic mass is 10.0. The van der Waals surface area contributed by atoms with Gasteiger partial charge >= 0.3 is 0 Å². The third kappa shape index (κ3) is 4.30. The number of hydrogen-bond donors (Lipinski definition) is 3. The minimum atomic E-state index is -0.379. The minimum absolute atomic E-state index is 0.0586. The van der Waals surface area contributed by atoms with Crippen LogP contribution in [0.5, 0.6) is 17.4 Å². The zero-order valence-electron chi connectivity index (χ0n) is 17.0. The number of nitrogens with zero attached hydrogens (tertiary/aromatic N) is 1. The molecule has 0 saturated carbocycles. The number of phenolic OH excluding ortho intramolecular Hbond substituents is 1. The molecule has 0 atom stereocenters. The molecule has 0 fully saturated rings. The second kappa shape index (κ2) is 8.79. The smallest absolute Gasteiger partial charge is 0.258 e. The molecule has 0 radical (unpaired) electrons. The molecule has 0 bridgehead atoms. The van der Waals surface area contributed by atoms with Crippen molar-refractivity contribution in [3.63, 3.8) is 0 Å². The molecule has 31 heavy (non-hydrogen) atoms. The number of phenols is 1. The van der Waals surface area contributed by atoms with E-state index in [4.69, 9.17) is 9.15 Å². The number of H-pyrrole nitrogens is 1. The quantitative estimate of drug-likeness (QED) is 0.380. The summed E-state index contributed by atoms with van der Waals surface area (Å²) in [6.07, 6.45) is 5.56. The van der Waals surface area contributed by atoms with E-state index in [1.54, 1.807) is 30.7 Å². The summed E-state index contributed by atoms with van der Waals surface area (Å²) in [5.41, 5.74) is 2.53. The van der Waals surface area contributed by atoms with Crippen LogP contribution in [0.15, 0.2) is 69.2 Å². The summed E-state index contributed by atoms with van der Waals surface area (Å²) in [4.78, 5) is 19.1. The number of ether oxygens (including phenoxy) is 1. The van der Waals surface area contributed by atoms with Gasteiger partial charge in [-0.2, -0.15) is 0 Å². The van der Waals surface area contributed by atoms with Gasteiger partial charge < -0.3 is 19.4 Å². The van der Waals surface area contributed by atoms with Crippen molar-refractivity contribution in [3.05, 3.63) is 76.5 Å². The second-order valence-corrected chi connectivity index (χ2v) is 7.11. The molecule has 2 aromatic heterocycles. The molecule has 0 aliphatic carbocycles. The molecular weight excluding hydrogens is 396 g/mol. The highest BCUT2D eigenvalue weighted by atomic mass is 16.5. The Morgan fingerprint density at radius 1 is 1.10 bits per heavy atom. The number of rotatable bonds is 7. The van der Waals surface area contributed by atoms with Crippen LogP contribution >= 0.6 is 0 Å². The minimum Gasteiger partial charge on any atom is -0.504 e. The van der Waals surface area contributed by atoms with Crippen LogP contribution in [0.3, 0.4) is 0 Å². The highest BCUT2D eigenvalue weighted by Gasteiger charge is 2.11. The van der Waals surface area contributed by atoms with Crippen molar-refractivity contribution >= 4 is 17.0 Å². The van der Waals surface area contributed by atoms with Crippen LogP contribution in [0.4, 0.5) is 0 Å². The molecule has 0 amide bonds. The van der Waals surface area contributed by atoms with Crippen LogP contribution in [0.25, 0.3) is 21.9 Å². The molecular formula is C24H22N2O5. The molecule has 0 aliphatic rings. The van der Waals surface area contributed by atoms with Crippen LogP contribution in [-0.4, -0.2) is 28.0 Å². The summed E-state index contributed by atoms with van der Waals surface area (Å²) < 4.78 is 10.6. The first-order valence-corrected chi connectivity index (χ1v) is 9.93. The number of hydrogen-bond acceptors (Lipinski definition) is 6. The third-order valence-electron chi connectivity index (χ3n) is 4.88. The van der Waals surface area contributed by atoms with Crippen molar-refractivity contribution in [1.82, 2.24) is 4.98 Å². The number of aromatic amines is 1.